The number of amides is 1. The van der Waals surface area contributed by atoms with E-state index in [0.717, 1.165) is 31.0 Å². The Bertz CT molecular complexity index is 603. The van der Waals surface area contributed by atoms with Crippen LogP contribution < -0.4 is 5.32 Å². The monoisotopic (exact) mass is 277 g/mol. The van der Waals surface area contributed by atoms with Gasteiger partial charge in [-0.15, -0.1) is 0 Å². The molecule has 1 aromatic carbocycles. The number of nitriles is 1. The number of anilines is 1. The summed E-state index contributed by atoms with van der Waals surface area (Å²) in [5.74, 6) is -1.32. The number of benzene rings is 1. The van der Waals surface area contributed by atoms with Gasteiger partial charge in [0.15, 0.2) is 0 Å². The van der Waals surface area contributed by atoms with E-state index in [-0.39, 0.29) is 5.69 Å². The normalized spacial score (nSPS) is 16.4. The van der Waals surface area contributed by atoms with Crippen molar-refractivity contribution >= 4 is 17.3 Å². The quantitative estimate of drug-likeness (QED) is 0.678. The Hall–Kier alpha value is -2.49. The van der Waals surface area contributed by atoms with E-state index in [4.69, 9.17) is 0 Å². The third-order valence-electron chi connectivity index (χ3n) is 3.51. The number of nitrogens with one attached hydrogen (secondary N) is 1. The fraction of sp³-hybridized carbons (Fsp3) is 0.385. The number of rotatable bonds is 3. The topological polar surface area (TPSA) is 96.0 Å². The van der Waals surface area contributed by atoms with Crippen LogP contribution in [0.5, 0.6) is 0 Å². The summed E-state index contributed by atoms with van der Waals surface area (Å²) in [4.78, 5) is 22.3. The summed E-state index contributed by atoms with van der Waals surface area (Å²) in [5, 5.41) is 22.4. The van der Waals surface area contributed by atoms with Gasteiger partial charge in [-0.05, 0) is 25.0 Å². The van der Waals surface area contributed by atoms with Gasteiger partial charge in [0.25, 0.3) is 5.69 Å². The van der Waals surface area contributed by atoms with Crippen molar-refractivity contribution in [2.75, 3.05) is 5.32 Å². The van der Waals surface area contributed by atoms with Crippen molar-refractivity contribution in [3.8, 4) is 6.07 Å². The molecule has 6 nitrogen and oxygen atoms in total. The Morgan fingerprint density at radius 2 is 2.10 bits per heavy atom. The maximum atomic E-state index is 13.0. The molecule has 1 aliphatic carbocycles. The molecular formula is C13H12FN3O3. The molecule has 0 spiro atoms. The lowest BCUT2D eigenvalue weighted by Gasteiger charge is -2.19. The molecule has 7 heteroatoms. The van der Waals surface area contributed by atoms with Gasteiger partial charge in [-0.3, -0.25) is 14.9 Å². The number of carbonyl (C=O) groups is 1. The SMILES string of the molecule is N#CC1(C(=O)Nc2ccc(F)cc2[N+](=O)[O-])CCCC1. The van der Waals surface area contributed by atoms with E-state index in [9.17, 15) is 24.6 Å². The van der Waals surface area contributed by atoms with Crippen molar-refractivity contribution in [2.24, 2.45) is 5.41 Å². The number of nitrogens with zero attached hydrogens (tertiary/aromatic N) is 2. The van der Waals surface area contributed by atoms with E-state index in [0.29, 0.717) is 12.8 Å². The minimum absolute atomic E-state index is 0.0945. The molecule has 0 unspecified atom stereocenters. The number of nitro groups is 1. The minimum atomic E-state index is -1.14. The molecule has 1 saturated carbocycles. The molecule has 1 aromatic rings. The highest BCUT2D eigenvalue weighted by atomic mass is 19.1. The second-order valence-electron chi connectivity index (χ2n) is 4.77. The molecule has 2 rings (SSSR count). The lowest BCUT2D eigenvalue weighted by molar-refractivity contribution is -0.384. The standard InChI is InChI=1S/C13H12FN3O3/c14-9-3-4-10(11(7-9)17(19)20)16-12(18)13(8-15)5-1-2-6-13/h3-4,7H,1-2,5-6H2,(H,16,18). The van der Waals surface area contributed by atoms with E-state index in [1.165, 1.54) is 0 Å². The second-order valence-corrected chi connectivity index (χ2v) is 4.77. The van der Waals surface area contributed by atoms with Gasteiger partial charge >= 0.3 is 0 Å². The molecule has 1 N–H and O–H groups in total. The van der Waals surface area contributed by atoms with E-state index in [1.807, 2.05) is 6.07 Å². The third kappa shape index (κ3) is 2.45. The highest BCUT2D eigenvalue weighted by Crippen LogP contribution is 2.39. The highest BCUT2D eigenvalue weighted by molar-refractivity contribution is 5.99. The Balaban J connectivity index is 2.29. The predicted molar refractivity (Wildman–Crippen MR) is 68.2 cm³/mol. The molecule has 0 atom stereocenters. The van der Waals surface area contributed by atoms with Crippen LogP contribution in [0.1, 0.15) is 25.7 Å². The van der Waals surface area contributed by atoms with Crippen molar-refractivity contribution in [2.45, 2.75) is 25.7 Å². The van der Waals surface area contributed by atoms with E-state index >= 15 is 0 Å². The molecular weight excluding hydrogens is 265 g/mol. The minimum Gasteiger partial charge on any atom is -0.319 e. The smallest absolute Gasteiger partial charge is 0.295 e. The summed E-state index contributed by atoms with van der Waals surface area (Å²) in [6, 6.07) is 4.90. The summed E-state index contributed by atoms with van der Waals surface area (Å²) in [6.45, 7) is 0. The molecule has 0 bridgehead atoms. The van der Waals surface area contributed by atoms with Crippen LogP contribution in [0.4, 0.5) is 15.8 Å². The van der Waals surface area contributed by atoms with Gasteiger partial charge < -0.3 is 5.32 Å². The molecule has 20 heavy (non-hydrogen) atoms. The van der Waals surface area contributed by atoms with Gasteiger partial charge in [0.2, 0.25) is 5.91 Å². The average Bonchev–Trinajstić information content (AvgIpc) is 2.90. The first-order valence-corrected chi connectivity index (χ1v) is 6.15. The molecule has 1 fully saturated rings. The summed E-state index contributed by atoms with van der Waals surface area (Å²) < 4.78 is 13.0. The predicted octanol–water partition coefficient (Wildman–Crippen LogP) is 2.76. The van der Waals surface area contributed by atoms with Crippen LogP contribution >= 0.6 is 0 Å². The van der Waals surface area contributed by atoms with Crippen LogP contribution in [0, 0.1) is 32.7 Å². The van der Waals surface area contributed by atoms with E-state index in [1.54, 1.807) is 0 Å². The van der Waals surface area contributed by atoms with Gasteiger partial charge in [0, 0.05) is 0 Å². The molecule has 0 aliphatic heterocycles. The van der Waals surface area contributed by atoms with Crippen molar-refractivity contribution in [3.05, 3.63) is 34.1 Å². The molecule has 0 aromatic heterocycles. The Morgan fingerprint density at radius 1 is 1.45 bits per heavy atom. The van der Waals surface area contributed by atoms with Crippen LogP contribution in [-0.4, -0.2) is 10.8 Å². The largest absolute Gasteiger partial charge is 0.319 e. The van der Waals surface area contributed by atoms with Crippen molar-refractivity contribution in [1.29, 1.82) is 5.26 Å². The second kappa shape index (κ2) is 5.25. The fourth-order valence-electron chi connectivity index (χ4n) is 2.37. The number of nitro benzene ring substituents is 1. The Kier molecular flexibility index (Phi) is 3.66. The maximum Gasteiger partial charge on any atom is 0.295 e. The Labute approximate surface area is 114 Å². The van der Waals surface area contributed by atoms with Crippen molar-refractivity contribution in [1.82, 2.24) is 0 Å². The van der Waals surface area contributed by atoms with Crippen LogP contribution in [-0.2, 0) is 4.79 Å². The molecule has 104 valence electrons. The van der Waals surface area contributed by atoms with Crippen LogP contribution in [0.2, 0.25) is 0 Å². The lowest BCUT2D eigenvalue weighted by Crippen LogP contribution is -2.32. The van der Waals surface area contributed by atoms with Gasteiger partial charge in [-0.1, -0.05) is 12.8 Å². The van der Waals surface area contributed by atoms with Gasteiger partial charge in [0.05, 0.1) is 17.1 Å². The zero-order valence-corrected chi connectivity index (χ0v) is 10.6. The maximum absolute atomic E-state index is 13.0. The summed E-state index contributed by atoms with van der Waals surface area (Å²) in [7, 11) is 0. The van der Waals surface area contributed by atoms with Gasteiger partial charge in [-0.2, -0.15) is 5.26 Å². The molecule has 0 saturated heterocycles. The van der Waals surface area contributed by atoms with Gasteiger partial charge in [0.1, 0.15) is 16.9 Å². The zero-order valence-electron chi connectivity index (χ0n) is 10.6. The van der Waals surface area contributed by atoms with Crippen LogP contribution in [0.3, 0.4) is 0 Å². The van der Waals surface area contributed by atoms with Crippen molar-refractivity contribution in [3.63, 3.8) is 0 Å². The first-order valence-electron chi connectivity index (χ1n) is 6.15. The zero-order chi connectivity index (χ0) is 14.8. The summed E-state index contributed by atoms with van der Waals surface area (Å²) >= 11 is 0. The summed E-state index contributed by atoms with van der Waals surface area (Å²) in [6.07, 6.45) is 2.41. The molecule has 0 radical (unpaired) electrons. The summed E-state index contributed by atoms with van der Waals surface area (Å²) in [5.41, 5.74) is -1.75. The molecule has 0 heterocycles. The van der Waals surface area contributed by atoms with Crippen LogP contribution in [0.25, 0.3) is 0 Å². The molecule has 1 aliphatic rings. The number of halogens is 1. The average molecular weight is 277 g/mol. The van der Waals surface area contributed by atoms with E-state index < -0.39 is 27.8 Å². The Morgan fingerprint density at radius 3 is 2.65 bits per heavy atom. The first kappa shape index (κ1) is 13.9. The number of hydrogen-bond acceptors (Lipinski definition) is 4. The molecule has 1 amide bonds. The van der Waals surface area contributed by atoms with E-state index in [2.05, 4.69) is 5.32 Å². The first-order chi connectivity index (χ1) is 9.48. The highest BCUT2D eigenvalue weighted by Gasteiger charge is 2.42. The van der Waals surface area contributed by atoms with Crippen molar-refractivity contribution < 1.29 is 14.1 Å². The fourth-order valence-corrected chi connectivity index (χ4v) is 2.37. The van der Waals surface area contributed by atoms with Gasteiger partial charge in [-0.25, -0.2) is 4.39 Å². The number of hydrogen-bond donors (Lipinski definition) is 1. The third-order valence-corrected chi connectivity index (χ3v) is 3.51. The lowest BCUT2D eigenvalue weighted by atomic mass is 9.87. The van der Waals surface area contributed by atoms with Crippen LogP contribution in [0.15, 0.2) is 18.2 Å². The number of carbonyl (C=O) groups excluding carboxylic acids is 1.